The van der Waals surface area contributed by atoms with Gasteiger partial charge in [-0.2, -0.15) is 0 Å². The normalized spacial score (nSPS) is 12.6. The summed E-state index contributed by atoms with van der Waals surface area (Å²) in [5, 5.41) is 3.16. The highest BCUT2D eigenvalue weighted by Crippen LogP contribution is 2.39. The number of hydrogen-bond donors (Lipinski definition) is 2. The van der Waals surface area contributed by atoms with Crippen molar-refractivity contribution in [3.63, 3.8) is 0 Å². The molecular formula is C22H20FN5O2S. The van der Waals surface area contributed by atoms with Gasteiger partial charge in [-0.1, -0.05) is 36.4 Å². The summed E-state index contributed by atoms with van der Waals surface area (Å²) in [5.74, 6) is 0.109. The number of sulfone groups is 1. The Kier molecular flexibility index (Phi) is 5.28. The van der Waals surface area contributed by atoms with Gasteiger partial charge in [0.2, 0.25) is 0 Å². The van der Waals surface area contributed by atoms with Crippen LogP contribution in [0.5, 0.6) is 0 Å². The topological polar surface area (TPSA) is 111 Å². The summed E-state index contributed by atoms with van der Waals surface area (Å²) in [6.07, 6.45) is 2.40. The summed E-state index contributed by atoms with van der Waals surface area (Å²) in [4.78, 5) is 12.6. The van der Waals surface area contributed by atoms with E-state index in [1.54, 1.807) is 36.4 Å². The molecule has 9 heteroatoms. The van der Waals surface area contributed by atoms with Crippen molar-refractivity contribution in [3.8, 4) is 11.1 Å². The molecule has 0 unspecified atom stereocenters. The zero-order valence-corrected chi connectivity index (χ0v) is 17.7. The van der Waals surface area contributed by atoms with Gasteiger partial charge in [0.1, 0.15) is 23.8 Å². The van der Waals surface area contributed by atoms with Crippen LogP contribution in [0.15, 0.2) is 65.8 Å². The first kappa shape index (κ1) is 20.7. The Morgan fingerprint density at radius 3 is 2.48 bits per heavy atom. The van der Waals surface area contributed by atoms with E-state index in [-0.39, 0.29) is 15.8 Å². The zero-order valence-electron chi connectivity index (χ0n) is 16.9. The van der Waals surface area contributed by atoms with Crippen molar-refractivity contribution in [2.24, 2.45) is 0 Å². The van der Waals surface area contributed by atoms with E-state index in [2.05, 4.69) is 20.3 Å². The summed E-state index contributed by atoms with van der Waals surface area (Å²) in [6, 6.07) is 14.4. The summed E-state index contributed by atoms with van der Waals surface area (Å²) >= 11 is 0. The van der Waals surface area contributed by atoms with Crippen LogP contribution in [0.25, 0.3) is 22.0 Å². The number of nitrogen functional groups attached to an aromatic ring is 1. The molecule has 4 aromatic rings. The van der Waals surface area contributed by atoms with Crippen molar-refractivity contribution in [2.45, 2.75) is 17.9 Å². The number of halogens is 1. The third-order valence-electron chi connectivity index (χ3n) is 4.84. The second-order valence-corrected chi connectivity index (χ2v) is 9.12. The van der Waals surface area contributed by atoms with Crippen LogP contribution in [0.1, 0.15) is 18.7 Å². The number of benzene rings is 2. The fraction of sp³-hybridized carbons (Fsp3) is 0.136. The molecule has 2 heterocycles. The zero-order chi connectivity index (χ0) is 22.2. The van der Waals surface area contributed by atoms with Crippen molar-refractivity contribution in [3.05, 3.63) is 72.4 Å². The lowest BCUT2D eigenvalue weighted by molar-refractivity contribution is 0.600. The number of hydrogen-bond acceptors (Lipinski definition) is 7. The molecule has 31 heavy (non-hydrogen) atoms. The fourth-order valence-corrected chi connectivity index (χ4v) is 4.73. The number of nitrogens with zero attached hydrogens (tertiary/aromatic N) is 3. The Morgan fingerprint density at radius 1 is 1.06 bits per heavy atom. The predicted octanol–water partition coefficient (Wildman–Crippen LogP) is 3.99. The van der Waals surface area contributed by atoms with Crippen molar-refractivity contribution in [1.82, 2.24) is 15.0 Å². The van der Waals surface area contributed by atoms with Crippen molar-refractivity contribution >= 4 is 32.4 Å². The molecular weight excluding hydrogens is 417 g/mol. The Bertz CT molecular complexity index is 1380. The van der Waals surface area contributed by atoms with Gasteiger partial charge in [-0.25, -0.2) is 27.8 Å². The van der Waals surface area contributed by atoms with Crippen LogP contribution >= 0.6 is 0 Å². The first-order chi connectivity index (χ1) is 14.8. The lowest BCUT2D eigenvalue weighted by atomic mass is 9.97. The molecule has 0 fully saturated rings. The van der Waals surface area contributed by atoms with Gasteiger partial charge in [-0.15, -0.1) is 0 Å². The Morgan fingerprint density at radius 2 is 1.81 bits per heavy atom. The van der Waals surface area contributed by atoms with Crippen molar-refractivity contribution < 1.29 is 12.8 Å². The third-order valence-corrected chi connectivity index (χ3v) is 5.99. The largest absolute Gasteiger partial charge is 0.384 e. The minimum atomic E-state index is -3.82. The molecule has 0 amide bonds. The number of nitrogens with two attached hydrogens (primary N) is 1. The van der Waals surface area contributed by atoms with Crippen molar-refractivity contribution in [1.29, 1.82) is 0 Å². The minimum Gasteiger partial charge on any atom is -0.384 e. The number of pyridine rings is 1. The van der Waals surface area contributed by atoms with Crippen LogP contribution in [0, 0.1) is 5.82 Å². The minimum absolute atomic E-state index is 0.0221. The molecule has 0 aliphatic heterocycles. The summed E-state index contributed by atoms with van der Waals surface area (Å²) in [6.45, 7) is 1.82. The monoisotopic (exact) mass is 437 g/mol. The Labute approximate surface area is 179 Å². The van der Waals surface area contributed by atoms with Crippen LogP contribution in [0.2, 0.25) is 0 Å². The van der Waals surface area contributed by atoms with E-state index in [0.29, 0.717) is 28.5 Å². The SMILES string of the molecule is C[C@H](Nc1cc(N)ncn1)c1nc2cccc(F)c2c(S(C)(=O)=O)c1-c1ccccc1. The average Bonchev–Trinajstić information content (AvgIpc) is 2.72. The van der Waals surface area contributed by atoms with Crippen molar-refractivity contribution in [2.75, 3.05) is 17.3 Å². The average molecular weight is 438 g/mol. The van der Waals surface area contributed by atoms with E-state index in [9.17, 15) is 12.8 Å². The molecule has 0 spiro atoms. The molecule has 2 aromatic carbocycles. The first-order valence-corrected chi connectivity index (χ1v) is 11.4. The second kappa shape index (κ2) is 7.92. The lowest BCUT2D eigenvalue weighted by Crippen LogP contribution is -2.15. The number of anilines is 2. The van der Waals surface area contributed by atoms with Gasteiger partial charge in [0.05, 0.1) is 27.5 Å². The molecule has 7 nitrogen and oxygen atoms in total. The predicted molar refractivity (Wildman–Crippen MR) is 119 cm³/mol. The van der Waals surface area contributed by atoms with E-state index in [1.165, 1.54) is 18.5 Å². The first-order valence-electron chi connectivity index (χ1n) is 9.47. The molecule has 158 valence electrons. The van der Waals surface area contributed by atoms with E-state index < -0.39 is 21.7 Å². The fourth-order valence-electron chi connectivity index (χ4n) is 3.57. The van der Waals surface area contributed by atoms with Gasteiger partial charge < -0.3 is 11.1 Å². The second-order valence-electron chi connectivity index (χ2n) is 7.17. The molecule has 0 saturated carbocycles. The third kappa shape index (κ3) is 4.04. The highest BCUT2D eigenvalue weighted by molar-refractivity contribution is 7.91. The maximum Gasteiger partial charge on any atom is 0.176 e. The molecule has 2 aromatic heterocycles. The van der Waals surface area contributed by atoms with Crippen LogP contribution in [-0.4, -0.2) is 29.6 Å². The smallest absolute Gasteiger partial charge is 0.176 e. The molecule has 0 radical (unpaired) electrons. The molecule has 4 rings (SSSR count). The molecule has 3 N–H and O–H groups in total. The van der Waals surface area contributed by atoms with Gasteiger partial charge in [0.25, 0.3) is 0 Å². The number of rotatable bonds is 5. The molecule has 0 bridgehead atoms. The van der Waals surface area contributed by atoms with Gasteiger partial charge in [-0.3, -0.25) is 0 Å². The van der Waals surface area contributed by atoms with E-state index in [4.69, 9.17) is 5.73 Å². The highest BCUT2D eigenvalue weighted by atomic mass is 32.2. The van der Waals surface area contributed by atoms with Crippen LogP contribution in [0.4, 0.5) is 16.0 Å². The van der Waals surface area contributed by atoms with Crippen LogP contribution in [-0.2, 0) is 9.84 Å². The molecule has 0 saturated heterocycles. The van der Waals surface area contributed by atoms with Crippen LogP contribution < -0.4 is 11.1 Å². The van der Waals surface area contributed by atoms with Gasteiger partial charge >= 0.3 is 0 Å². The summed E-state index contributed by atoms with van der Waals surface area (Å²) < 4.78 is 40.7. The van der Waals surface area contributed by atoms with E-state index >= 15 is 0 Å². The number of aromatic nitrogens is 3. The van der Waals surface area contributed by atoms with Gasteiger partial charge in [0.15, 0.2) is 9.84 Å². The van der Waals surface area contributed by atoms with Crippen LogP contribution in [0.3, 0.4) is 0 Å². The van der Waals surface area contributed by atoms with E-state index in [0.717, 1.165) is 6.26 Å². The summed E-state index contributed by atoms with van der Waals surface area (Å²) in [7, 11) is -3.82. The molecule has 1 atom stereocenters. The highest BCUT2D eigenvalue weighted by Gasteiger charge is 2.27. The molecule has 0 aliphatic carbocycles. The number of fused-ring (bicyclic) bond motifs is 1. The Balaban J connectivity index is 2.05. The van der Waals surface area contributed by atoms with Gasteiger partial charge in [-0.05, 0) is 24.6 Å². The van der Waals surface area contributed by atoms with Gasteiger partial charge in [0, 0.05) is 17.9 Å². The maximum absolute atomic E-state index is 14.8. The lowest BCUT2D eigenvalue weighted by Gasteiger charge is -2.22. The van der Waals surface area contributed by atoms with E-state index in [1.807, 2.05) is 13.0 Å². The quantitative estimate of drug-likeness (QED) is 0.486. The molecule has 0 aliphatic rings. The summed E-state index contributed by atoms with van der Waals surface area (Å²) in [5.41, 5.74) is 7.41. The Hall–Kier alpha value is -3.59. The number of nitrogens with one attached hydrogen (secondary N) is 1. The standard InChI is InChI=1S/C22H20FN5O2S/c1-13(27-18-11-17(24)25-12-26-18)21-19(14-7-4-3-5-8-14)22(31(2,29)30)20-15(23)9-6-10-16(20)28-21/h3-13H,1-2H3,(H3,24,25,26,27)/t13-/m0/s1. The maximum atomic E-state index is 14.8.